The Morgan fingerprint density at radius 1 is 0.233 bits per heavy atom. The number of aromatic nitrogens is 1. The van der Waals surface area contributed by atoms with Crippen LogP contribution in [0.25, 0.3) is 38.6 Å². The van der Waals surface area contributed by atoms with Gasteiger partial charge in [0.05, 0.1) is 22.4 Å². The van der Waals surface area contributed by atoms with Gasteiger partial charge in [-0.05, 0) is 118 Å². The Morgan fingerprint density at radius 2 is 0.578 bits per heavy atom. The second-order valence-electron chi connectivity index (χ2n) is 23.8. The summed E-state index contributed by atoms with van der Waals surface area (Å²) in [5, 5.41) is 13.1. The number of hydrogen-bond acceptors (Lipinski definition) is 2. The monoisotopic (exact) mass is 1180 g/mol. The molecule has 0 amide bonds. The van der Waals surface area contributed by atoms with Crippen molar-refractivity contribution in [3.63, 3.8) is 0 Å². The molecule has 0 atom stereocenters. The van der Waals surface area contributed by atoms with Crippen molar-refractivity contribution in [1.82, 2.24) is 4.57 Å². The summed E-state index contributed by atoms with van der Waals surface area (Å²) >= 11 is 0. The number of rotatable bonds is 12. The summed E-state index contributed by atoms with van der Waals surface area (Å²) < 4.78 is 2.52. The van der Waals surface area contributed by atoms with Gasteiger partial charge in [-0.2, -0.15) is 0 Å². The van der Waals surface area contributed by atoms with Gasteiger partial charge in [0, 0.05) is 44.8 Å². The number of nitrogens with zero attached hydrogens (tertiary/aromatic N) is 3. The van der Waals surface area contributed by atoms with Gasteiger partial charge < -0.3 is 14.4 Å². The summed E-state index contributed by atoms with van der Waals surface area (Å²) in [7, 11) is -6.14. The smallest absolute Gasteiger partial charge is 0.252 e. The lowest BCUT2D eigenvalue weighted by atomic mass is 9.33. The lowest BCUT2D eigenvalue weighted by Crippen LogP contribution is -2.75. The maximum atomic E-state index is 2.66. The average molecular weight is 1180 g/mol. The van der Waals surface area contributed by atoms with Crippen molar-refractivity contribution in [1.29, 1.82) is 0 Å². The Kier molecular flexibility index (Phi) is 13.0. The zero-order chi connectivity index (χ0) is 59.6. The summed E-state index contributed by atoms with van der Waals surface area (Å²) in [5.41, 5.74) is 16.4. The fourth-order valence-corrected chi connectivity index (χ4v) is 25.1. The molecule has 2 aliphatic rings. The number of hydrogen-bond donors (Lipinski definition) is 0. The first-order valence-electron chi connectivity index (χ1n) is 31.3. The molecule has 3 heterocycles. The van der Waals surface area contributed by atoms with Gasteiger partial charge in [-0.15, -0.1) is 0 Å². The molecule has 422 valence electrons. The first-order chi connectivity index (χ1) is 44.7. The van der Waals surface area contributed by atoms with Crippen LogP contribution in [0.5, 0.6) is 0 Å². The highest BCUT2D eigenvalue weighted by Crippen LogP contribution is 2.48. The van der Waals surface area contributed by atoms with E-state index in [0.29, 0.717) is 0 Å². The van der Waals surface area contributed by atoms with Crippen molar-refractivity contribution in [2.24, 2.45) is 0 Å². The molecule has 6 heteroatoms. The van der Waals surface area contributed by atoms with E-state index in [4.69, 9.17) is 0 Å². The summed E-state index contributed by atoms with van der Waals surface area (Å²) in [4.78, 5) is 5.28. The Labute approximate surface area is 528 Å². The van der Waals surface area contributed by atoms with E-state index in [0.717, 1.165) is 50.6 Å². The second kappa shape index (κ2) is 22.0. The number of para-hydroxylation sites is 4. The molecule has 14 aromatic carbocycles. The predicted molar refractivity (Wildman–Crippen MR) is 387 cm³/mol. The molecule has 2 aliphatic heterocycles. The first-order valence-corrected chi connectivity index (χ1v) is 35.3. The Hall–Kier alpha value is -11.0. The standard InChI is InChI=1S/C84H60BN3Si2/c1-9-31-61(32-10-1)72-47-25-28-50-77(72)88-81-60-71(90(67-41-19-6-20-42-67,68-43-21-7-22-44-68)69-45-23-8-24-46-69)54-56-76(81)85-75-55-53-70(89(64-35-13-3-14-36-64,65-37-15-4-16-38-65)66-39-17-5-18-40-66)59-80(75)86(62-33-11-2-12-34-62)82-57-63(58-83(88)84(82)85)87-78-51-29-26-48-73(78)74-49-27-30-52-79(74)87/h1-60H. The van der Waals surface area contributed by atoms with E-state index in [1.165, 1.54) is 80.0 Å². The van der Waals surface area contributed by atoms with Gasteiger partial charge in [-0.25, -0.2) is 0 Å². The normalized spacial score (nSPS) is 12.6. The average Bonchev–Trinajstić information content (AvgIpc) is 0.713. The fraction of sp³-hybridized carbons (Fsp3) is 0. The molecule has 17 rings (SSSR count). The van der Waals surface area contributed by atoms with E-state index in [1.807, 2.05) is 0 Å². The van der Waals surface area contributed by atoms with Crippen molar-refractivity contribution in [2.75, 3.05) is 9.80 Å². The lowest BCUT2D eigenvalue weighted by molar-refractivity contribution is 1.16. The van der Waals surface area contributed by atoms with Gasteiger partial charge in [0.25, 0.3) is 6.71 Å². The lowest BCUT2D eigenvalue weighted by Gasteiger charge is -2.46. The zero-order valence-electron chi connectivity index (χ0n) is 49.6. The first kappa shape index (κ1) is 53.2. The molecule has 0 bridgehead atoms. The minimum atomic E-state index is -3.09. The molecule has 3 nitrogen and oxygen atoms in total. The van der Waals surface area contributed by atoms with Gasteiger partial charge in [-0.3, -0.25) is 0 Å². The van der Waals surface area contributed by atoms with Crippen LogP contribution in [0.4, 0.5) is 34.1 Å². The Balaban J connectivity index is 1.04. The van der Waals surface area contributed by atoms with Crippen molar-refractivity contribution < 1.29 is 0 Å². The Bertz CT molecular complexity index is 4880. The van der Waals surface area contributed by atoms with Gasteiger partial charge >= 0.3 is 0 Å². The fourth-order valence-electron chi connectivity index (χ4n) is 15.5. The molecule has 0 saturated heterocycles. The van der Waals surface area contributed by atoms with E-state index in [-0.39, 0.29) is 6.71 Å². The third-order valence-corrected chi connectivity index (χ3v) is 28.8. The molecule has 0 spiro atoms. The van der Waals surface area contributed by atoms with Gasteiger partial charge in [0.2, 0.25) is 0 Å². The molecule has 0 unspecified atom stereocenters. The molecular formula is C84H60BN3Si2. The highest BCUT2D eigenvalue weighted by molar-refractivity contribution is 7.20. The minimum absolute atomic E-state index is 0.183. The van der Waals surface area contributed by atoms with Crippen LogP contribution in [0.1, 0.15) is 0 Å². The maximum absolute atomic E-state index is 3.09. The highest BCUT2D eigenvalue weighted by atomic mass is 28.3. The van der Waals surface area contributed by atoms with Gasteiger partial charge in [0.1, 0.15) is 0 Å². The van der Waals surface area contributed by atoms with Crippen molar-refractivity contribution in [3.8, 4) is 16.8 Å². The molecule has 0 N–H and O–H groups in total. The van der Waals surface area contributed by atoms with Crippen LogP contribution in [0.15, 0.2) is 364 Å². The number of fused-ring (bicyclic) bond motifs is 7. The molecule has 0 radical (unpaired) electrons. The maximum Gasteiger partial charge on any atom is 0.252 e. The van der Waals surface area contributed by atoms with Crippen LogP contribution in [-0.2, 0) is 0 Å². The SMILES string of the molecule is c1ccc(-c2ccccc2N2c3cc([Si](c4ccccc4)(c4ccccc4)c4ccccc4)ccc3B3c4ccc([Si](c5ccccc5)(c5ccccc5)c5ccccc5)cc4N(c4ccccc4)c4cc(-n5c6ccccc6c6ccccc65)cc2c43)cc1. The number of anilines is 6. The van der Waals surface area contributed by atoms with Crippen molar-refractivity contribution >= 4 is 137 Å². The predicted octanol–water partition coefficient (Wildman–Crippen LogP) is 13.3. The molecule has 0 saturated carbocycles. The molecule has 90 heavy (non-hydrogen) atoms. The summed E-state index contributed by atoms with van der Waals surface area (Å²) in [5.74, 6) is 0. The van der Waals surface area contributed by atoms with Crippen LogP contribution < -0.4 is 67.7 Å². The van der Waals surface area contributed by atoms with Crippen LogP contribution in [0, 0.1) is 0 Å². The third-order valence-electron chi connectivity index (χ3n) is 19.2. The van der Waals surface area contributed by atoms with Gasteiger partial charge in [-0.1, -0.05) is 309 Å². The van der Waals surface area contributed by atoms with Crippen molar-refractivity contribution in [3.05, 3.63) is 364 Å². The van der Waals surface area contributed by atoms with E-state index in [1.54, 1.807) is 0 Å². The minimum Gasteiger partial charge on any atom is -0.311 e. The van der Waals surface area contributed by atoms with E-state index < -0.39 is 16.1 Å². The molecular weight excluding hydrogens is 1120 g/mol. The van der Waals surface area contributed by atoms with Gasteiger partial charge in [0.15, 0.2) is 16.1 Å². The van der Waals surface area contributed by atoms with Crippen molar-refractivity contribution in [2.45, 2.75) is 0 Å². The quantitative estimate of drug-likeness (QED) is 0.0892. The highest BCUT2D eigenvalue weighted by Gasteiger charge is 2.49. The summed E-state index contributed by atoms with van der Waals surface area (Å²) in [6, 6.07) is 138. The largest absolute Gasteiger partial charge is 0.311 e. The van der Waals surface area contributed by atoms with E-state index >= 15 is 0 Å². The topological polar surface area (TPSA) is 11.4 Å². The van der Waals surface area contributed by atoms with E-state index in [9.17, 15) is 0 Å². The zero-order valence-corrected chi connectivity index (χ0v) is 51.6. The van der Waals surface area contributed by atoms with Crippen LogP contribution in [0.3, 0.4) is 0 Å². The second-order valence-corrected chi connectivity index (χ2v) is 31.5. The summed E-state index contributed by atoms with van der Waals surface area (Å²) in [6.07, 6.45) is 0. The Morgan fingerprint density at radius 3 is 1.01 bits per heavy atom. The molecule has 15 aromatic rings. The van der Waals surface area contributed by atoms with Crippen LogP contribution >= 0.6 is 0 Å². The molecule has 0 aliphatic carbocycles. The van der Waals surface area contributed by atoms with Crippen LogP contribution in [0.2, 0.25) is 0 Å². The summed E-state index contributed by atoms with van der Waals surface area (Å²) in [6.45, 7) is -0.183. The molecule has 0 fully saturated rings. The van der Waals surface area contributed by atoms with E-state index in [2.05, 4.69) is 378 Å². The molecule has 1 aromatic heterocycles. The number of benzene rings is 14. The third kappa shape index (κ3) is 8.26. The van der Waals surface area contributed by atoms with Crippen LogP contribution in [-0.4, -0.2) is 27.4 Å².